The van der Waals surface area contributed by atoms with E-state index in [1.807, 2.05) is 25.2 Å². The average Bonchev–Trinajstić information content (AvgIpc) is 2.35. The zero-order chi connectivity index (χ0) is 13.1. The van der Waals surface area contributed by atoms with Gasteiger partial charge in [-0.05, 0) is 24.7 Å². The minimum Gasteiger partial charge on any atom is -0.482 e. The van der Waals surface area contributed by atoms with Crippen molar-refractivity contribution in [2.24, 2.45) is 5.73 Å². The van der Waals surface area contributed by atoms with Gasteiger partial charge in [0.2, 0.25) is 0 Å². The Morgan fingerprint density at radius 3 is 3.00 bits per heavy atom. The maximum atomic E-state index is 11.6. The van der Waals surface area contributed by atoms with Crippen LogP contribution in [0.25, 0.3) is 0 Å². The van der Waals surface area contributed by atoms with Crippen LogP contribution in [0.1, 0.15) is 5.56 Å². The summed E-state index contributed by atoms with van der Waals surface area (Å²) in [4.78, 5) is 15.4. The van der Waals surface area contributed by atoms with Crippen LogP contribution in [0.15, 0.2) is 18.2 Å². The van der Waals surface area contributed by atoms with Gasteiger partial charge in [0, 0.05) is 26.7 Å². The van der Waals surface area contributed by atoms with E-state index in [0.29, 0.717) is 6.54 Å². The van der Waals surface area contributed by atoms with Crippen LogP contribution in [0.4, 0.5) is 5.69 Å². The zero-order valence-electron chi connectivity index (χ0n) is 10.8. The smallest absolute Gasteiger partial charge is 0.264 e. The Kier molecular flexibility index (Phi) is 3.84. The lowest BCUT2D eigenvalue weighted by atomic mass is 10.1. The van der Waals surface area contributed by atoms with Crippen molar-refractivity contribution >= 4 is 11.6 Å². The fourth-order valence-electron chi connectivity index (χ4n) is 2.03. The topological polar surface area (TPSA) is 58.8 Å². The summed E-state index contributed by atoms with van der Waals surface area (Å²) >= 11 is 0. The summed E-state index contributed by atoms with van der Waals surface area (Å²) in [5, 5.41) is 0. The largest absolute Gasteiger partial charge is 0.482 e. The van der Waals surface area contributed by atoms with Crippen LogP contribution >= 0.6 is 0 Å². The number of likely N-dealkylation sites (N-methyl/N-ethyl adjacent to an activating group) is 2. The maximum absolute atomic E-state index is 11.6. The van der Waals surface area contributed by atoms with Gasteiger partial charge in [0.25, 0.3) is 5.91 Å². The molecule has 1 amide bonds. The fourth-order valence-corrected chi connectivity index (χ4v) is 2.03. The predicted octanol–water partition coefficient (Wildman–Crippen LogP) is 0.432. The molecule has 2 N–H and O–H groups in total. The van der Waals surface area contributed by atoms with Gasteiger partial charge >= 0.3 is 0 Å². The summed E-state index contributed by atoms with van der Waals surface area (Å²) in [5.74, 6) is 0.747. The number of carbonyl (C=O) groups is 1. The minimum absolute atomic E-state index is 0.0186. The number of anilines is 1. The Balaban J connectivity index is 2.18. The van der Waals surface area contributed by atoms with Crippen molar-refractivity contribution in [2.45, 2.75) is 6.54 Å². The van der Waals surface area contributed by atoms with Crippen LogP contribution in [-0.4, -0.2) is 44.6 Å². The fraction of sp³-hybridized carbons (Fsp3) is 0.462. The van der Waals surface area contributed by atoms with E-state index in [1.165, 1.54) is 0 Å². The Bertz CT molecular complexity index is 448. The molecule has 98 valence electrons. The van der Waals surface area contributed by atoms with Gasteiger partial charge in [-0.1, -0.05) is 6.07 Å². The number of nitrogens with zero attached hydrogens (tertiary/aromatic N) is 2. The van der Waals surface area contributed by atoms with Crippen molar-refractivity contribution in [1.82, 2.24) is 4.90 Å². The van der Waals surface area contributed by atoms with E-state index in [2.05, 4.69) is 4.90 Å². The molecule has 1 aliphatic rings. The normalized spacial score (nSPS) is 14.7. The van der Waals surface area contributed by atoms with Crippen molar-refractivity contribution in [2.75, 3.05) is 38.7 Å². The lowest BCUT2D eigenvalue weighted by Crippen LogP contribution is -2.35. The molecular formula is C13H19N3O2. The van der Waals surface area contributed by atoms with Gasteiger partial charge < -0.3 is 20.3 Å². The Hall–Kier alpha value is -1.59. The summed E-state index contributed by atoms with van der Waals surface area (Å²) in [5.41, 5.74) is 7.51. The lowest BCUT2D eigenvalue weighted by Gasteiger charge is -2.27. The molecule has 5 heteroatoms. The first-order valence-corrected chi connectivity index (χ1v) is 6.02. The second kappa shape index (κ2) is 5.37. The molecule has 1 aromatic carbocycles. The molecule has 0 aliphatic carbocycles. The van der Waals surface area contributed by atoms with E-state index in [-0.39, 0.29) is 12.5 Å². The van der Waals surface area contributed by atoms with Gasteiger partial charge in [-0.15, -0.1) is 0 Å². The molecule has 0 spiro atoms. The SMILES string of the molecule is CN(CCN)Cc1ccc2c(c1)N(C)C(=O)CO2. The van der Waals surface area contributed by atoms with Crippen molar-refractivity contribution < 1.29 is 9.53 Å². The van der Waals surface area contributed by atoms with E-state index >= 15 is 0 Å². The Morgan fingerprint density at radius 2 is 2.28 bits per heavy atom. The van der Waals surface area contributed by atoms with Crippen LogP contribution in [0.2, 0.25) is 0 Å². The second-order valence-corrected chi connectivity index (χ2v) is 4.57. The Morgan fingerprint density at radius 1 is 1.50 bits per heavy atom. The molecule has 0 saturated heterocycles. The summed E-state index contributed by atoms with van der Waals surface area (Å²) in [6.45, 7) is 2.42. The number of hydrogen-bond donors (Lipinski definition) is 1. The number of benzene rings is 1. The molecule has 0 atom stereocenters. The standard InChI is InChI=1S/C13H19N3O2/c1-15(6-5-14)8-10-3-4-12-11(7-10)16(2)13(17)9-18-12/h3-4,7H,5-6,8-9,14H2,1-2H3. The molecule has 1 heterocycles. The first-order chi connectivity index (χ1) is 8.61. The number of amides is 1. The molecule has 18 heavy (non-hydrogen) atoms. The lowest BCUT2D eigenvalue weighted by molar-refractivity contribution is -0.120. The molecule has 1 aliphatic heterocycles. The zero-order valence-corrected chi connectivity index (χ0v) is 10.8. The summed E-state index contributed by atoms with van der Waals surface area (Å²) < 4.78 is 5.39. The van der Waals surface area contributed by atoms with Crippen molar-refractivity contribution in [3.8, 4) is 5.75 Å². The summed E-state index contributed by atoms with van der Waals surface area (Å²) in [7, 11) is 3.80. The molecule has 2 rings (SSSR count). The highest BCUT2D eigenvalue weighted by atomic mass is 16.5. The highest BCUT2D eigenvalue weighted by Crippen LogP contribution is 2.32. The summed E-state index contributed by atoms with van der Waals surface area (Å²) in [6, 6.07) is 5.94. The Labute approximate surface area is 107 Å². The molecule has 1 aromatic rings. The molecule has 0 unspecified atom stereocenters. The predicted molar refractivity (Wildman–Crippen MR) is 70.7 cm³/mol. The van der Waals surface area contributed by atoms with Crippen LogP contribution in [0.5, 0.6) is 5.75 Å². The molecule has 0 saturated carbocycles. The van der Waals surface area contributed by atoms with E-state index in [9.17, 15) is 4.79 Å². The number of hydrogen-bond acceptors (Lipinski definition) is 4. The number of rotatable bonds is 4. The third kappa shape index (κ3) is 2.63. The first-order valence-electron chi connectivity index (χ1n) is 6.02. The highest BCUT2D eigenvalue weighted by Gasteiger charge is 2.22. The molecule has 0 radical (unpaired) electrons. The number of nitrogens with two attached hydrogens (primary N) is 1. The second-order valence-electron chi connectivity index (χ2n) is 4.57. The monoisotopic (exact) mass is 249 g/mol. The quantitative estimate of drug-likeness (QED) is 0.841. The molecule has 0 aromatic heterocycles. The average molecular weight is 249 g/mol. The number of fused-ring (bicyclic) bond motifs is 1. The van der Waals surface area contributed by atoms with Gasteiger partial charge in [-0.3, -0.25) is 4.79 Å². The van der Waals surface area contributed by atoms with Gasteiger partial charge in [0.1, 0.15) is 5.75 Å². The van der Waals surface area contributed by atoms with Gasteiger partial charge in [-0.2, -0.15) is 0 Å². The van der Waals surface area contributed by atoms with Crippen LogP contribution < -0.4 is 15.4 Å². The molecular weight excluding hydrogens is 230 g/mol. The highest BCUT2D eigenvalue weighted by molar-refractivity contribution is 5.97. The maximum Gasteiger partial charge on any atom is 0.264 e. The number of ether oxygens (including phenoxy) is 1. The van der Waals surface area contributed by atoms with Crippen LogP contribution in [-0.2, 0) is 11.3 Å². The van der Waals surface area contributed by atoms with Gasteiger partial charge in [0.15, 0.2) is 6.61 Å². The molecule has 0 fully saturated rings. The third-order valence-electron chi connectivity index (χ3n) is 3.07. The van der Waals surface area contributed by atoms with Crippen molar-refractivity contribution in [3.05, 3.63) is 23.8 Å². The van der Waals surface area contributed by atoms with E-state index in [4.69, 9.17) is 10.5 Å². The van der Waals surface area contributed by atoms with Crippen LogP contribution in [0.3, 0.4) is 0 Å². The number of carbonyl (C=O) groups excluding carboxylic acids is 1. The van der Waals surface area contributed by atoms with E-state index in [0.717, 1.165) is 30.1 Å². The van der Waals surface area contributed by atoms with Gasteiger partial charge in [0.05, 0.1) is 5.69 Å². The first kappa shape index (κ1) is 12.9. The van der Waals surface area contributed by atoms with Crippen LogP contribution in [0, 0.1) is 0 Å². The van der Waals surface area contributed by atoms with Gasteiger partial charge in [-0.25, -0.2) is 0 Å². The third-order valence-corrected chi connectivity index (χ3v) is 3.07. The van der Waals surface area contributed by atoms with E-state index < -0.39 is 0 Å². The van der Waals surface area contributed by atoms with Crippen molar-refractivity contribution in [3.63, 3.8) is 0 Å². The van der Waals surface area contributed by atoms with E-state index in [1.54, 1.807) is 11.9 Å². The molecule has 0 bridgehead atoms. The summed E-state index contributed by atoms with van der Waals surface area (Å²) in [6.07, 6.45) is 0. The van der Waals surface area contributed by atoms with Crippen molar-refractivity contribution in [1.29, 1.82) is 0 Å². The minimum atomic E-state index is -0.0186. The molecule has 5 nitrogen and oxygen atoms in total.